The predicted molar refractivity (Wildman–Crippen MR) is 180 cm³/mol. The number of ketones is 1. The van der Waals surface area contributed by atoms with Gasteiger partial charge >= 0.3 is 6.09 Å². The summed E-state index contributed by atoms with van der Waals surface area (Å²) in [5.74, 6) is -4.26. The molecular formula is C34H47Cl2N5O7. The predicted octanol–water partition coefficient (Wildman–Crippen LogP) is 3.49. The van der Waals surface area contributed by atoms with E-state index in [2.05, 4.69) is 21.3 Å². The van der Waals surface area contributed by atoms with Crippen LogP contribution in [0, 0.1) is 17.8 Å². The van der Waals surface area contributed by atoms with E-state index >= 15 is 0 Å². The molecule has 1 aliphatic heterocycles. The van der Waals surface area contributed by atoms with Crippen molar-refractivity contribution in [2.24, 2.45) is 17.8 Å². The summed E-state index contributed by atoms with van der Waals surface area (Å²) >= 11 is 13.1. The second kappa shape index (κ2) is 15.9. The number of benzene rings is 1. The molecule has 14 heteroatoms. The van der Waals surface area contributed by atoms with Crippen LogP contribution in [0.25, 0.3) is 0 Å². The summed E-state index contributed by atoms with van der Waals surface area (Å²) in [7, 11) is 0. The van der Waals surface area contributed by atoms with Crippen LogP contribution < -0.4 is 21.3 Å². The fourth-order valence-electron chi connectivity index (χ4n) is 6.70. The van der Waals surface area contributed by atoms with E-state index in [1.165, 1.54) is 4.90 Å². The molecule has 0 spiro atoms. The fourth-order valence-corrected chi connectivity index (χ4v) is 7.53. The summed E-state index contributed by atoms with van der Waals surface area (Å²) < 4.78 is 4.23. The third-order valence-corrected chi connectivity index (χ3v) is 10.2. The maximum atomic E-state index is 14.2. The van der Waals surface area contributed by atoms with Crippen molar-refractivity contribution >= 4 is 58.7 Å². The van der Waals surface area contributed by atoms with Crippen molar-refractivity contribution in [3.8, 4) is 0 Å². The van der Waals surface area contributed by atoms with Crippen LogP contribution in [0.4, 0.5) is 4.79 Å². The van der Waals surface area contributed by atoms with Crippen LogP contribution in [-0.4, -0.2) is 88.1 Å². The number of alkyl carbamates (subject to hydrolysis) is 1. The minimum atomic E-state index is -1.23. The molecule has 3 fully saturated rings. The van der Waals surface area contributed by atoms with E-state index in [-0.39, 0.29) is 43.8 Å². The van der Waals surface area contributed by atoms with Gasteiger partial charge in [-0.3, -0.25) is 24.0 Å². The molecule has 5 atom stereocenters. The van der Waals surface area contributed by atoms with Crippen molar-refractivity contribution in [2.75, 3.05) is 19.6 Å². The molecule has 5 amide bonds. The lowest BCUT2D eigenvalue weighted by Gasteiger charge is -2.36. The Morgan fingerprint density at radius 2 is 1.60 bits per heavy atom. The van der Waals surface area contributed by atoms with Gasteiger partial charge in [-0.2, -0.15) is 0 Å². The highest BCUT2D eigenvalue weighted by molar-refractivity contribution is 6.51. The quantitative estimate of drug-likeness (QED) is 0.139. The Labute approximate surface area is 291 Å². The molecule has 1 saturated heterocycles. The lowest BCUT2D eigenvalue weighted by Crippen LogP contribution is -2.60. The summed E-state index contributed by atoms with van der Waals surface area (Å²) in [4.78, 5) is 80.6. The van der Waals surface area contributed by atoms with Crippen molar-refractivity contribution in [3.63, 3.8) is 0 Å². The topological polar surface area (TPSA) is 163 Å². The monoisotopic (exact) mass is 707 g/mol. The molecule has 2 aliphatic carbocycles. The number of carbonyl (C=O) groups is 6. The number of nitrogens with zero attached hydrogens (tertiary/aromatic N) is 1. The summed E-state index contributed by atoms with van der Waals surface area (Å²) in [6, 6.07) is 5.39. The molecule has 1 aromatic carbocycles. The van der Waals surface area contributed by atoms with Crippen molar-refractivity contribution in [3.05, 3.63) is 35.9 Å². The van der Waals surface area contributed by atoms with E-state index in [0.717, 1.165) is 32.1 Å². The van der Waals surface area contributed by atoms with Gasteiger partial charge in [-0.15, -0.1) is 23.2 Å². The van der Waals surface area contributed by atoms with Crippen LogP contribution >= 0.6 is 23.2 Å². The van der Waals surface area contributed by atoms with Gasteiger partial charge in [-0.05, 0) is 58.1 Å². The molecule has 4 rings (SSSR count). The van der Waals surface area contributed by atoms with Crippen molar-refractivity contribution in [1.82, 2.24) is 26.2 Å². The lowest BCUT2D eigenvalue weighted by molar-refractivity contribution is -0.144. The Hall–Kier alpha value is -3.38. The molecule has 3 aliphatic rings. The first-order chi connectivity index (χ1) is 22.7. The fraction of sp³-hybridized carbons (Fsp3) is 0.647. The van der Waals surface area contributed by atoms with Crippen molar-refractivity contribution < 1.29 is 33.5 Å². The van der Waals surface area contributed by atoms with Crippen molar-refractivity contribution in [2.45, 2.75) is 101 Å². The third kappa shape index (κ3) is 9.19. The smallest absolute Gasteiger partial charge is 0.408 e. The number of hydrogen-bond acceptors (Lipinski definition) is 7. The van der Waals surface area contributed by atoms with Gasteiger partial charge in [0, 0.05) is 37.0 Å². The standard InChI is InChI=1S/C34H47Cl2N5O7/c1-5-12-23(27(42)30(45)38-18-17-37-28(43)21-15-10-7-11-16-21)39-29(44)26-24-22(34(24,35)36)19-41(26)31(46)25(20-13-8-6-9-14-20)40-32(47)48-33(2,3)4/h7,10-11,15-16,20,22-26H,5-6,8-9,12-14,17-19H2,1-4H3,(H,37,43)(H,38,45)(H,39,44)(H,40,47). The minimum absolute atomic E-state index is 0.00117. The van der Waals surface area contributed by atoms with Gasteiger partial charge in [0.2, 0.25) is 17.6 Å². The van der Waals surface area contributed by atoms with E-state index < -0.39 is 63.6 Å². The molecule has 0 bridgehead atoms. The van der Waals surface area contributed by atoms with E-state index in [1.807, 2.05) is 6.92 Å². The lowest BCUT2D eigenvalue weighted by atomic mass is 9.83. The minimum Gasteiger partial charge on any atom is -0.444 e. The highest BCUT2D eigenvalue weighted by Crippen LogP contribution is 2.65. The molecule has 5 unspecified atom stereocenters. The highest BCUT2D eigenvalue weighted by atomic mass is 35.5. The molecule has 1 aromatic rings. The normalized spacial score (nSPS) is 22.8. The number of fused-ring (bicyclic) bond motifs is 1. The van der Waals surface area contributed by atoms with E-state index in [9.17, 15) is 28.8 Å². The first kappa shape index (κ1) is 37.4. The molecule has 12 nitrogen and oxygen atoms in total. The molecule has 48 heavy (non-hydrogen) atoms. The van der Waals surface area contributed by atoms with Crippen LogP contribution in [0.15, 0.2) is 30.3 Å². The molecule has 0 radical (unpaired) electrons. The number of likely N-dealkylation sites (tertiary alicyclic amines) is 1. The Morgan fingerprint density at radius 3 is 2.23 bits per heavy atom. The molecule has 0 aromatic heterocycles. The number of ether oxygens (including phenoxy) is 1. The van der Waals surface area contributed by atoms with Crippen LogP contribution in [0.1, 0.15) is 83.0 Å². The van der Waals surface area contributed by atoms with Gasteiger partial charge in [0.1, 0.15) is 22.0 Å². The van der Waals surface area contributed by atoms with Gasteiger partial charge in [-0.25, -0.2) is 4.79 Å². The van der Waals surface area contributed by atoms with Gasteiger partial charge in [-0.1, -0.05) is 50.8 Å². The first-order valence-corrected chi connectivity index (χ1v) is 17.5. The number of amides is 5. The second-order valence-electron chi connectivity index (χ2n) is 13.9. The molecule has 4 N–H and O–H groups in total. The maximum Gasteiger partial charge on any atom is 0.408 e. The Kier molecular flexibility index (Phi) is 12.4. The molecule has 264 valence electrons. The van der Waals surface area contributed by atoms with Crippen LogP contribution in [-0.2, 0) is 23.9 Å². The van der Waals surface area contributed by atoms with Crippen molar-refractivity contribution in [1.29, 1.82) is 0 Å². The Bertz CT molecular complexity index is 1360. The zero-order valence-electron chi connectivity index (χ0n) is 28.0. The van der Waals surface area contributed by atoms with E-state index in [0.29, 0.717) is 12.0 Å². The number of rotatable bonds is 13. The van der Waals surface area contributed by atoms with E-state index in [1.54, 1.807) is 51.1 Å². The number of hydrogen-bond donors (Lipinski definition) is 4. The summed E-state index contributed by atoms with van der Waals surface area (Å²) in [5, 5.41) is 10.7. The first-order valence-electron chi connectivity index (χ1n) is 16.8. The summed E-state index contributed by atoms with van der Waals surface area (Å²) in [6.07, 6.45) is 4.26. The number of alkyl halides is 2. The SMILES string of the molecule is CCCC(NC(=O)C1C2C(CN1C(=O)C(NC(=O)OC(C)(C)C)C1CCCCC1)C2(Cl)Cl)C(=O)C(=O)NCCNC(=O)c1ccccc1. The number of nitrogens with one attached hydrogen (secondary N) is 4. The number of carbonyl (C=O) groups excluding carboxylic acids is 6. The van der Waals surface area contributed by atoms with Gasteiger partial charge < -0.3 is 30.9 Å². The third-order valence-electron chi connectivity index (χ3n) is 9.11. The Balaban J connectivity index is 1.43. The zero-order chi connectivity index (χ0) is 35.2. The number of halogens is 2. The maximum absolute atomic E-state index is 14.2. The average molecular weight is 709 g/mol. The molecule has 1 heterocycles. The largest absolute Gasteiger partial charge is 0.444 e. The van der Waals surface area contributed by atoms with Crippen LogP contribution in [0.5, 0.6) is 0 Å². The molecule has 2 saturated carbocycles. The average Bonchev–Trinajstić information content (AvgIpc) is 3.34. The van der Waals surface area contributed by atoms with Gasteiger partial charge in [0.25, 0.3) is 11.8 Å². The second-order valence-corrected chi connectivity index (χ2v) is 15.3. The van der Waals surface area contributed by atoms with Crippen LogP contribution in [0.2, 0.25) is 0 Å². The highest BCUT2D eigenvalue weighted by Gasteiger charge is 2.74. The van der Waals surface area contributed by atoms with Gasteiger partial charge in [0.15, 0.2) is 0 Å². The van der Waals surface area contributed by atoms with Gasteiger partial charge in [0.05, 0.1) is 6.04 Å². The number of piperidine rings is 1. The molecular weight excluding hydrogens is 661 g/mol. The Morgan fingerprint density at radius 1 is 0.958 bits per heavy atom. The number of Topliss-reactive ketones (excluding diaryl/α,β-unsaturated/α-hetero) is 1. The van der Waals surface area contributed by atoms with E-state index in [4.69, 9.17) is 27.9 Å². The summed E-state index contributed by atoms with van der Waals surface area (Å²) in [6.45, 7) is 7.21. The summed E-state index contributed by atoms with van der Waals surface area (Å²) in [5.41, 5.74) is -0.311. The zero-order valence-corrected chi connectivity index (χ0v) is 29.5. The van der Waals surface area contributed by atoms with Crippen LogP contribution in [0.3, 0.4) is 0 Å².